The highest BCUT2D eigenvalue weighted by molar-refractivity contribution is 6.20. The molecule has 1 aliphatic heterocycles. The first-order valence-corrected chi connectivity index (χ1v) is 9.92. The Hall–Kier alpha value is -2.66. The zero-order chi connectivity index (χ0) is 20.1. The van der Waals surface area contributed by atoms with Gasteiger partial charge in [0.15, 0.2) is 5.41 Å². The number of benzene rings is 2. The number of para-hydroxylation sites is 1. The van der Waals surface area contributed by atoms with Crippen molar-refractivity contribution in [3.05, 3.63) is 65.7 Å². The molecule has 0 saturated carbocycles. The highest BCUT2D eigenvalue weighted by Crippen LogP contribution is 2.45. The van der Waals surface area contributed by atoms with Crippen LogP contribution in [0.1, 0.15) is 24.5 Å². The number of esters is 1. The fourth-order valence-corrected chi connectivity index (χ4v) is 3.93. The average molecular weight is 381 g/mol. The molecule has 0 saturated heterocycles. The third-order valence-corrected chi connectivity index (χ3v) is 5.26. The Morgan fingerprint density at radius 2 is 1.75 bits per heavy atom. The summed E-state index contributed by atoms with van der Waals surface area (Å²) in [4.78, 5) is 30.0. The molecule has 28 heavy (non-hydrogen) atoms. The normalized spacial score (nSPS) is 18.4. The van der Waals surface area contributed by atoms with E-state index in [9.17, 15) is 9.59 Å². The van der Waals surface area contributed by atoms with E-state index in [1.165, 1.54) is 4.90 Å². The Kier molecular flexibility index (Phi) is 6.15. The lowest BCUT2D eigenvalue weighted by molar-refractivity contribution is -0.858. The second kappa shape index (κ2) is 8.57. The van der Waals surface area contributed by atoms with Crippen molar-refractivity contribution in [2.45, 2.75) is 25.2 Å². The molecule has 0 radical (unpaired) electrons. The fraction of sp³-hybridized carbons (Fsp3) is 0.391. The van der Waals surface area contributed by atoms with Gasteiger partial charge in [-0.05, 0) is 18.6 Å². The van der Waals surface area contributed by atoms with E-state index in [0.29, 0.717) is 13.0 Å². The van der Waals surface area contributed by atoms with Crippen molar-refractivity contribution >= 4 is 17.6 Å². The predicted octanol–water partition coefficient (Wildman–Crippen LogP) is 1.61. The Bertz CT molecular complexity index is 835. The van der Waals surface area contributed by atoms with Crippen molar-refractivity contribution in [2.75, 3.05) is 38.7 Å². The zero-order valence-electron chi connectivity index (χ0n) is 16.9. The van der Waals surface area contributed by atoms with E-state index in [1.54, 1.807) is 11.8 Å². The topological polar surface area (TPSA) is 51.1 Å². The molecular weight excluding hydrogens is 352 g/mol. The summed E-state index contributed by atoms with van der Waals surface area (Å²) in [7, 11) is 4.19. The number of quaternary nitrogens is 1. The standard InChI is InChI=1S/C23H28N2O3/c1-4-28-22(27)23(17-18-11-6-5-7-12-18)19-13-8-9-14-20(19)25(21(23)26)16-10-15-24(2)3/h5-9,11-14H,4,10,15-17H2,1-3H3/p+1/t23-/m0/s1. The Balaban J connectivity index is 2.05. The minimum absolute atomic E-state index is 0.176. The number of anilines is 1. The van der Waals surface area contributed by atoms with Gasteiger partial charge in [0, 0.05) is 30.6 Å². The number of nitrogens with one attached hydrogen (secondary N) is 1. The zero-order valence-corrected chi connectivity index (χ0v) is 16.9. The van der Waals surface area contributed by atoms with Crippen LogP contribution >= 0.6 is 0 Å². The van der Waals surface area contributed by atoms with Gasteiger partial charge in [0.05, 0.1) is 27.2 Å². The minimum atomic E-state index is -1.32. The van der Waals surface area contributed by atoms with Gasteiger partial charge in [0.2, 0.25) is 5.91 Å². The van der Waals surface area contributed by atoms with Gasteiger partial charge < -0.3 is 14.5 Å². The Morgan fingerprint density at radius 1 is 1.07 bits per heavy atom. The van der Waals surface area contributed by atoms with Crippen molar-refractivity contribution < 1.29 is 19.2 Å². The monoisotopic (exact) mass is 381 g/mol. The number of ether oxygens (including phenoxy) is 1. The van der Waals surface area contributed by atoms with E-state index in [-0.39, 0.29) is 12.5 Å². The van der Waals surface area contributed by atoms with Crippen LogP contribution in [0.25, 0.3) is 0 Å². The molecule has 1 atom stereocenters. The SMILES string of the molecule is CCOC(=O)[C@]1(Cc2ccccc2)C(=O)N(CCC[NH+](C)C)c2ccccc21. The molecule has 3 rings (SSSR count). The van der Waals surface area contributed by atoms with E-state index >= 15 is 0 Å². The van der Waals surface area contributed by atoms with E-state index in [4.69, 9.17) is 4.74 Å². The van der Waals surface area contributed by atoms with Crippen LogP contribution in [-0.2, 0) is 26.2 Å². The van der Waals surface area contributed by atoms with E-state index in [1.807, 2.05) is 54.6 Å². The van der Waals surface area contributed by atoms with Gasteiger partial charge in [-0.3, -0.25) is 9.59 Å². The number of hydrogen-bond donors (Lipinski definition) is 1. The van der Waals surface area contributed by atoms with Gasteiger partial charge in [-0.1, -0.05) is 48.5 Å². The van der Waals surface area contributed by atoms with E-state index < -0.39 is 11.4 Å². The molecular formula is C23H29N2O3+. The number of carbonyl (C=O) groups is 2. The van der Waals surface area contributed by atoms with Crippen LogP contribution in [0.5, 0.6) is 0 Å². The lowest BCUT2D eigenvalue weighted by Crippen LogP contribution is -3.05. The summed E-state index contributed by atoms with van der Waals surface area (Å²) in [6, 6.07) is 17.3. The maximum Gasteiger partial charge on any atom is 0.326 e. The molecule has 1 heterocycles. The summed E-state index contributed by atoms with van der Waals surface area (Å²) in [6.07, 6.45) is 1.17. The van der Waals surface area contributed by atoms with E-state index in [2.05, 4.69) is 14.1 Å². The molecule has 1 amide bonds. The molecule has 0 unspecified atom stereocenters. The molecule has 5 heteroatoms. The molecule has 2 aromatic rings. The van der Waals surface area contributed by atoms with Crippen molar-refractivity contribution in [1.29, 1.82) is 0 Å². The van der Waals surface area contributed by atoms with Crippen LogP contribution in [0.2, 0.25) is 0 Å². The molecule has 0 spiro atoms. The number of amides is 1. The van der Waals surface area contributed by atoms with Crippen molar-refractivity contribution in [3.8, 4) is 0 Å². The third kappa shape index (κ3) is 3.67. The van der Waals surface area contributed by atoms with Crippen molar-refractivity contribution in [1.82, 2.24) is 0 Å². The van der Waals surface area contributed by atoms with Gasteiger partial charge >= 0.3 is 5.97 Å². The van der Waals surface area contributed by atoms with Crippen LogP contribution in [0.3, 0.4) is 0 Å². The number of carbonyl (C=O) groups excluding carboxylic acids is 2. The van der Waals surface area contributed by atoms with Crippen molar-refractivity contribution in [2.24, 2.45) is 0 Å². The highest BCUT2D eigenvalue weighted by Gasteiger charge is 2.57. The van der Waals surface area contributed by atoms with Crippen LogP contribution in [0.15, 0.2) is 54.6 Å². The first kappa shape index (κ1) is 20.1. The summed E-state index contributed by atoms with van der Waals surface area (Å²) < 4.78 is 5.43. The number of nitrogens with zero attached hydrogens (tertiary/aromatic N) is 1. The lowest BCUT2D eigenvalue weighted by Gasteiger charge is -2.27. The maximum atomic E-state index is 13.7. The third-order valence-electron chi connectivity index (χ3n) is 5.26. The molecule has 1 N–H and O–H groups in total. The number of hydrogen-bond acceptors (Lipinski definition) is 3. The summed E-state index contributed by atoms with van der Waals surface area (Å²) in [6.45, 7) is 3.57. The first-order chi connectivity index (χ1) is 13.5. The second-order valence-electron chi connectivity index (χ2n) is 7.57. The van der Waals surface area contributed by atoms with Crippen LogP contribution < -0.4 is 9.80 Å². The average Bonchev–Trinajstić information content (AvgIpc) is 2.92. The van der Waals surface area contributed by atoms with Gasteiger partial charge in [-0.15, -0.1) is 0 Å². The van der Waals surface area contributed by atoms with Crippen molar-refractivity contribution in [3.63, 3.8) is 0 Å². The van der Waals surface area contributed by atoms with Gasteiger partial charge in [0.1, 0.15) is 0 Å². The summed E-state index contributed by atoms with van der Waals surface area (Å²) in [5.41, 5.74) is 1.20. The van der Waals surface area contributed by atoms with Gasteiger partial charge in [-0.2, -0.15) is 0 Å². The van der Waals surface area contributed by atoms with Gasteiger partial charge in [0.25, 0.3) is 0 Å². The molecule has 1 aliphatic rings. The lowest BCUT2D eigenvalue weighted by atomic mass is 9.76. The molecule has 0 aromatic heterocycles. The summed E-state index contributed by atoms with van der Waals surface area (Å²) in [5.74, 6) is -0.637. The quantitative estimate of drug-likeness (QED) is 0.558. The van der Waals surface area contributed by atoms with E-state index in [0.717, 1.165) is 29.8 Å². The Labute approximate surface area is 166 Å². The largest absolute Gasteiger partial charge is 0.465 e. The second-order valence-corrected chi connectivity index (χ2v) is 7.57. The molecule has 0 aliphatic carbocycles. The maximum absolute atomic E-state index is 13.7. The highest BCUT2D eigenvalue weighted by atomic mass is 16.5. The predicted molar refractivity (Wildman–Crippen MR) is 110 cm³/mol. The smallest absolute Gasteiger partial charge is 0.326 e. The minimum Gasteiger partial charge on any atom is -0.465 e. The summed E-state index contributed by atoms with van der Waals surface area (Å²) >= 11 is 0. The van der Waals surface area contributed by atoms with Crippen LogP contribution in [-0.4, -0.2) is 45.7 Å². The molecule has 0 fully saturated rings. The Morgan fingerprint density at radius 3 is 2.43 bits per heavy atom. The van der Waals surface area contributed by atoms with Crippen LogP contribution in [0.4, 0.5) is 5.69 Å². The summed E-state index contributed by atoms with van der Waals surface area (Å²) in [5, 5.41) is 0. The first-order valence-electron chi connectivity index (χ1n) is 9.92. The van der Waals surface area contributed by atoms with Gasteiger partial charge in [-0.25, -0.2) is 0 Å². The molecule has 0 bridgehead atoms. The van der Waals surface area contributed by atoms with Crippen LogP contribution in [0, 0.1) is 0 Å². The fourth-order valence-electron chi connectivity index (χ4n) is 3.93. The molecule has 148 valence electrons. The number of rotatable bonds is 8. The molecule has 5 nitrogen and oxygen atoms in total. The molecule has 2 aromatic carbocycles. The number of fused-ring (bicyclic) bond motifs is 1.